The van der Waals surface area contributed by atoms with E-state index in [4.69, 9.17) is 9.47 Å². The first-order valence-electron chi connectivity index (χ1n) is 5.83. The lowest BCUT2D eigenvalue weighted by molar-refractivity contribution is -0.222. The third kappa shape index (κ3) is 2.68. The molecule has 0 amide bonds. The molecule has 4 nitrogen and oxygen atoms in total. The van der Waals surface area contributed by atoms with Gasteiger partial charge in [0, 0.05) is 19.4 Å². The van der Waals surface area contributed by atoms with Crippen molar-refractivity contribution in [3.63, 3.8) is 0 Å². The Bertz CT molecular complexity index is 610. The Morgan fingerprint density at radius 1 is 1.10 bits per heavy atom. The summed E-state index contributed by atoms with van der Waals surface area (Å²) in [4.78, 5) is 23.4. The topological polar surface area (TPSA) is 52.6 Å². The summed E-state index contributed by atoms with van der Waals surface area (Å²) < 4.78 is 36.6. The third-order valence-electron chi connectivity index (χ3n) is 2.62. The number of ether oxygens (including phenoxy) is 2. The van der Waals surface area contributed by atoms with Crippen LogP contribution in [0.2, 0.25) is 0 Å². The normalized spacial score (nSPS) is 17.6. The average Bonchev–Trinajstić information content (AvgIpc) is 2.28. The number of halogens is 2. The van der Waals surface area contributed by atoms with Gasteiger partial charge in [-0.2, -0.15) is 0 Å². The standard InChI is InChI=1S/C14H12F2O4/c1-7-4-8(11(16)10(15)5-7)6-9-12(17)19-14(2,3)20-13(9)18/h4-6H,1-3H3. The number of hydrogen-bond acceptors (Lipinski definition) is 4. The molecule has 0 saturated carbocycles. The van der Waals surface area contributed by atoms with Crippen molar-refractivity contribution in [3.8, 4) is 0 Å². The zero-order valence-electron chi connectivity index (χ0n) is 11.1. The molecule has 1 heterocycles. The second-order valence-electron chi connectivity index (χ2n) is 4.89. The number of hydrogen-bond donors (Lipinski definition) is 0. The maximum atomic E-state index is 13.6. The summed E-state index contributed by atoms with van der Waals surface area (Å²) in [6, 6.07) is 2.32. The summed E-state index contributed by atoms with van der Waals surface area (Å²) in [6.45, 7) is 4.35. The molecular weight excluding hydrogens is 270 g/mol. The Labute approximate surface area is 114 Å². The predicted molar refractivity (Wildman–Crippen MR) is 65.3 cm³/mol. The van der Waals surface area contributed by atoms with Gasteiger partial charge >= 0.3 is 11.9 Å². The molecule has 0 atom stereocenters. The SMILES string of the molecule is Cc1cc(F)c(F)c(C=C2C(=O)OC(C)(C)OC2=O)c1. The van der Waals surface area contributed by atoms with Crippen molar-refractivity contribution in [2.45, 2.75) is 26.6 Å². The first-order chi connectivity index (χ1) is 9.19. The molecule has 1 aliphatic rings. The van der Waals surface area contributed by atoms with Gasteiger partial charge in [0.25, 0.3) is 5.79 Å². The number of benzene rings is 1. The zero-order valence-corrected chi connectivity index (χ0v) is 11.1. The molecule has 0 aromatic heterocycles. The molecule has 1 aromatic rings. The van der Waals surface area contributed by atoms with Crippen molar-refractivity contribution in [3.05, 3.63) is 40.5 Å². The van der Waals surface area contributed by atoms with Gasteiger partial charge in [-0.15, -0.1) is 0 Å². The van der Waals surface area contributed by atoms with E-state index in [0.717, 1.165) is 12.1 Å². The van der Waals surface area contributed by atoms with Gasteiger partial charge in [-0.05, 0) is 30.7 Å². The molecule has 20 heavy (non-hydrogen) atoms. The fraction of sp³-hybridized carbons (Fsp3) is 0.286. The van der Waals surface area contributed by atoms with Gasteiger partial charge in [-0.1, -0.05) is 0 Å². The average molecular weight is 282 g/mol. The Morgan fingerprint density at radius 3 is 2.20 bits per heavy atom. The number of carbonyl (C=O) groups excluding carboxylic acids is 2. The van der Waals surface area contributed by atoms with E-state index in [-0.39, 0.29) is 5.56 Å². The Balaban J connectivity index is 2.46. The molecule has 0 N–H and O–H groups in total. The molecule has 0 aliphatic carbocycles. The molecular formula is C14H12F2O4. The quantitative estimate of drug-likeness (QED) is 0.451. The summed E-state index contributed by atoms with van der Waals surface area (Å²) in [5.74, 6) is -5.45. The highest BCUT2D eigenvalue weighted by molar-refractivity contribution is 6.18. The zero-order chi connectivity index (χ0) is 15.1. The van der Waals surface area contributed by atoms with E-state index in [1.54, 1.807) is 6.92 Å². The first kappa shape index (κ1) is 14.2. The minimum atomic E-state index is -1.37. The highest BCUT2D eigenvalue weighted by Gasteiger charge is 2.39. The van der Waals surface area contributed by atoms with Gasteiger partial charge in [-0.25, -0.2) is 18.4 Å². The Kier molecular flexibility index (Phi) is 3.33. The van der Waals surface area contributed by atoms with E-state index in [1.807, 2.05) is 0 Å². The van der Waals surface area contributed by atoms with Crippen LogP contribution in [-0.2, 0) is 19.1 Å². The lowest BCUT2D eigenvalue weighted by Crippen LogP contribution is -2.41. The van der Waals surface area contributed by atoms with Gasteiger partial charge in [0.2, 0.25) is 0 Å². The molecule has 0 unspecified atom stereocenters. The number of carbonyl (C=O) groups is 2. The van der Waals surface area contributed by atoms with Crippen molar-refractivity contribution in [1.29, 1.82) is 0 Å². The van der Waals surface area contributed by atoms with Gasteiger partial charge in [0.1, 0.15) is 5.57 Å². The van der Waals surface area contributed by atoms with E-state index in [9.17, 15) is 18.4 Å². The second-order valence-corrected chi connectivity index (χ2v) is 4.89. The van der Waals surface area contributed by atoms with Crippen molar-refractivity contribution in [2.24, 2.45) is 0 Å². The van der Waals surface area contributed by atoms with Gasteiger partial charge < -0.3 is 9.47 Å². The van der Waals surface area contributed by atoms with Gasteiger partial charge in [-0.3, -0.25) is 0 Å². The minimum absolute atomic E-state index is 0.217. The van der Waals surface area contributed by atoms with E-state index in [0.29, 0.717) is 5.56 Å². The van der Waals surface area contributed by atoms with Crippen LogP contribution < -0.4 is 0 Å². The van der Waals surface area contributed by atoms with Crippen LogP contribution in [0.1, 0.15) is 25.0 Å². The molecule has 1 aromatic carbocycles. The van der Waals surface area contributed by atoms with Crippen molar-refractivity contribution in [2.75, 3.05) is 0 Å². The molecule has 0 bridgehead atoms. The van der Waals surface area contributed by atoms with E-state index >= 15 is 0 Å². The molecule has 1 fully saturated rings. The number of cyclic esters (lactones) is 2. The van der Waals surface area contributed by atoms with Crippen molar-refractivity contribution >= 4 is 18.0 Å². The Morgan fingerprint density at radius 2 is 1.65 bits per heavy atom. The fourth-order valence-corrected chi connectivity index (χ4v) is 1.79. The fourth-order valence-electron chi connectivity index (χ4n) is 1.79. The van der Waals surface area contributed by atoms with Gasteiger partial charge in [0.15, 0.2) is 11.6 Å². The molecule has 106 valence electrons. The second kappa shape index (κ2) is 4.70. The lowest BCUT2D eigenvalue weighted by atomic mass is 10.1. The molecule has 6 heteroatoms. The Hall–Kier alpha value is -2.24. The summed E-state index contributed by atoms with van der Waals surface area (Å²) in [7, 11) is 0. The van der Waals surface area contributed by atoms with Crippen molar-refractivity contribution in [1.82, 2.24) is 0 Å². The highest BCUT2D eigenvalue weighted by Crippen LogP contribution is 2.25. The van der Waals surface area contributed by atoms with Crippen LogP contribution in [0.3, 0.4) is 0 Å². The summed E-state index contributed by atoms with van der Waals surface area (Å²) >= 11 is 0. The van der Waals surface area contributed by atoms with E-state index in [1.165, 1.54) is 19.9 Å². The van der Waals surface area contributed by atoms with Crippen LogP contribution in [-0.4, -0.2) is 17.7 Å². The van der Waals surface area contributed by atoms with Gasteiger partial charge in [0.05, 0.1) is 0 Å². The predicted octanol–water partition coefficient (Wildman–Crippen LogP) is 2.49. The smallest absolute Gasteiger partial charge is 0.348 e. The maximum absolute atomic E-state index is 13.6. The first-order valence-corrected chi connectivity index (χ1v) is 5.83. The molecule has 0 radical (unpaired) electrons. The largest absolute Gasteiger partial charge is 0.419 e. The van der Waals surface area contributed by atoms with Crippen LogP contribution in [0.4, 0.5) is 8.78 Å². The molecule has 1 saturated heterocycles. The van der Waals surface area contributed by atoms with Crippen LogP contribution >= 0.6 is 0 Å². The maximum Gasteiger partial charge on any atom is 0.348 e. The summed E-state index contributed by atoms with van der Waals surface area (Å²) in [5, 5.41) is 0. The van der Waals surface area contributed by atoms with Crippen LogP contribution in [0, 0.1) is 18.6 Å². The monoisotopic (exact) mass is 282 g/mol. The third-order valence-corrected chi connectivity index (χ3v) is 2.62. The summed E-state index contributed by atoms with van der Waals surface area (Å²) in [5.41, 5.74) is -0.243. The van der Waals surface area contributed by atoms with Crippen LogP contribution in [0.5, 0.6) is 0 Å². The highest BCUT2D eigenvalue weighted by atomic mass is 19.2. The molecule has 2 rings (SSSR count). The molecule has 0 spiro atoms. The van der Waals surface area contributed by atoms with E-state index in [2.05, 4.69) is 0 Å². The van der Waals surface area contributed by atoms with Crippen LogP contribution in [0.25, 0.3) is 6.08 Å². The number of rotatable bonds is 1. The van der Waals surface area contributed by atoms with Crippen LogP contribution in [0.15, 0.2) is 17.7 Å². The van der Waals surface area contributed by atoms with Crippen molar-refractivity contribution < 1.29 is 27.8 Å². The lowest BCUT2D eigenvalue weighted by Gasteiger charge is -2.29. The number of aryl methyl sites for hydroxylation is 1. The minimum Gasteiger partial charge on any atom is -0.419 e. The summed E-state index contributed by atoms with van der Waals surface area (Å²) in [6.07, 6.45) is 0.922. The number of esters is 2. The molecule has 1 aliphatic heterocycles. The van der Waals surface area contributed by atoms with E-state index < -0.39 is 34.9 Å².